The molecule has 0 aliphatic carbocycles. The van der Waals surface area contributed by atoms with Crippen LogP contribution in [-0.2, 0) is 25.5 Å². The smallest absolute Gasteiger partial charge is 0.320 e. The molecule has 0 saturated heterocycles. The molecule has 0 fully saturated rings. The van der Waals surface area contributed by atoms with Crippen LogP contribution in [0, 0.1) is 33.6 Å². The van der Waals surface area contributed by atoms with E-state index in [-0.39, 0.29) is 6.42 Å². The highest BCUT2D eigenvalue weighted by Crippen LogP contribution is 2.34. The van der Waals surface area contributed by atoms with Gasteiger partial charge in [0, 0.05) is 42.1 Å². The molecule has 0 unspecified atom stereocenters. The van der Waals surface area contributed by atoms with E-state index in [1.54, 1.807) is 0 Å². The Balaban J connectivity index is 2.71. The molecule has 0 atom stereocenters. The van der Waals surface area contributed by atoms with Gasteiger partial charge in [-0.05, 0) is 58.2 Å². The minimum atomic E-state index is -1.08. The molecule has 1 N–H and O–H groups in total. The number of anilines is 3. The molecular weight excluding hydrogens is 418 g/mol. The van der Waals surface area contributed by atoms with Gasteiger partial charge in [0.2, 0.25) is 0 Å². The lowest BCUT2D eigenvalue weighted by Gasteiger charge is -2.28. The van der Waals surface area contributed by atoms with Crippen molar-refractivity contribution in [3.63, 3.8) is 0 Å². The molecule has 0 spiro atoms. The summed E-state index contributed by atoms with van der Waals surface area (Å²) in [4.78, 5) is 32.0. The molecule has 0 aliphatic heterocycles. The number of nitrogens with one attached hydrogen (secondary N) is 1. The third kappa shape index (κ3) is 6.24. The molecular formula is C26H37N3O4. The van der Waals surface area contributed by atoms with E-state index in [2.05, 4.69) is 57.0 Å². The number of hydrogen-bond donors (Lipinski definition) is 1. The van der Waals surface area contributed by atoms with Crippen LogP contribution >= 0.6 is 0 Å². The zero-order valence-electron chi connectivity index (χ0n) is 21.2. The maximum absolute atomic E-state index is 12.5. The van der Waals surface area contributed by atoms with E-state index < -0.39 is 17.9 Å². The zero-order chi connectivity index (χ0) is 24.7. The molecule has 7 heteroatoms. The number of ether oxygens (including phenoxy) is 2. The Morgan fingerprint density at radius 1 is 1.00 bits per heavy atom. The van der Waals surface area contributed by atoms with Gasteiger partial charge >= 0.3 is 11.9 Å². The van der Waals surface area contributed by atoms with Gasteiger partial charge in [0.05, 0.1) is 14.2 Å². The third-order valence-electron chi connectivity index (χ3n) is 5.74. The number of pyridine rings is 1. The number of methoxy groups -OCH3 is 2. The molecule has 0 radical (unpaired) electrons. The van der Waals surface area contributed by atoms with Gasteiger partial charge in [0.15, 0.2) is 5.92 Å². The molecule has 1 aromatic heterocycles. The molecule has 180 valence electrons. The average Bonchev–Trinajstić information content (AvgIpc) is 2.77. The van der Waals surface area contributed by atoms with Crippen molar-refractivity contribution in [1.29, 1.82) is 0 Å². The van der Waals surface area contributed by atoms with Gasteiger partial charge in [-0.15, -0.1) is 0 Å². The van der Waals surface area contributed by atoms with Crippen LogP contribution in [0.3, 0.4) is 0 Å². The van der Waals surface area contributed by atoms with Crippen molar-refractivity contribution in [3.05, 3.63) is 46.1 Å². The number of benzene rings is 1. The van der Waals surface area contributed by atoms with Crippen LogP contribution < -0.4 is 10.2 Å². The van der Waals surface area contributed by atoms with Crippen LogP contribution in [0.5, 0.6) is 0 Å². The van der Waals surface area contributed by atoms with Crippen LogP contribution in [0.2, 0.25) is 0 Å². The second kappa shape index (κ2) is 11.7. The normalized spacial score (nSPS) is 10.8. The number of aromatic nitrogens is 1. The minimum absolute atomic E-state index is 0.120. The van der Waals surface area contributed by atoms with Gasteiger partial charge in [0.25, 0.3) is 0 Å². The summed E-state index contributed by atoms with van der Waals surface area (Å²) in [7, 11) is 2.56. The topological polar surface area (TPSA) is 80.8 Å². The number of hydrogen-bond acceptors (Lipinski definition) is 7. The molecule has 7 nitrogen and oxygen atoms in total. The molecule has 0 bridgehead atoms. The molecule has 1 heterocycles. The Labute approximate surface area is 197 Å². The molecule has 2 rings (SSSR count). The number of carbonyl (C=O) groups is 2. The summed E-state index contributed by atoms with van der Waals surface area (Å²) in [6.07, 6.45) is 1.08. The highest BCUT2D eigenvalue weighted by molar-refractivity contribution is 5.95. The number of rotatable bonds is 10. The molecule has 0 amide bonds. The van der Waals surface area contributed by atoms with Crippen molar-refractivity contribution >= 4 is 29.1 Å². The first-order valence-electron chi connectivity index (χ1n) is 11.4. The van der Waals surface area contributed by atoms with Gasteiger partial charge in [-0.3, -0.25) is 9.59 Å². The van der Waals surface area contributed by atoms with Gasteiger partial charge in [-0.2, -0.15) is 0 Å². The highest BCUT2D eigenvalue weighted by atomic mass is 16.5. The second-order valence-electron chi connectivity index (χ2n) is 8.39. The maximum atomic E-state index is 12.5. The Morgan fingerprint density at radius 3 is 2.06 bits per heavy atom. The Bertz CT molecular complexity index is 964. The lowest BCUT2D eigenvalue weighted by atomic mass is 9.96. The Hall–Kier alpha value is -3.09. The number of aryl methyl sites for hydroxylation is 4. The van der Waals surface area contributed by atoms with Crippen LogP contribution in [0.25, 0.3) is 0 Å². The molecule has 33 heavy (non-hydrogen) atoms. The SMILES string of the molecule is CCCN(CC)c1cc(C)nc(Nc2c(C)cc(C)cc2C)c1CC(C(=O)OC)C(=O)OC. The summed E-state index contributed by atoms with van der Waals surface area (Å²) in [5.74, 6) is -1.70. The predicted molar refractivity (Wildman–Crippen MR) is 132 cm³/mol. The molecule has 1 aromatic carbocycles. The quantitative estimate of drug-likeness (QED) is 0.407. The van der Waals surface area contributed by atoms with E-state index in [1.165, 1.54) is 19.8 Å². The van der Waals surface area contributed by atoms with E-state index in [4.69, 9.17) is 14.5 Å². The van der Waals surface area contributed by atoms with Crippen molar-refractivity contribution < 1.29 is 19.1 Å². The second-order valence-corrected chi connectivity index (χ2v) is 8.39. The van der Waals surface area contributed by atoms with Crippen LogP contribution in [-0.4, -0.2) is 44.2 Å². The number of esters is 2. The van der Waals surface area contributed by atoms with Crippen molar-refractivity contribution in [3.8, 4) is 0 Å². The van der Waals surface area contributed by atoms with Crippen molar-refractivity contribution in [2.24, 2.45) is 5.92 Å². The molecule has 2 aromatic rings. The van der Waals surface area contributed by atoms with Crippen molar-refractivity contribution in [2.75, 3.05) is 37.5 Å². The molecule has 0 saturated carbocycles. The van der Waals surface area contributed by atoms with Gasteiger partial charge < -0.3 is 19.7 Å². The Morgan fingerprint density at radius 2 is 1.58 bits per heavy atom. The first-order valence-corrected chi connectivity index (χ1v) is 11.4. The molecule has 0 aliphatic rings. The summed E-state index contributed by atoms with van der Waals surface area (Å²) < 4.78 is 9.84. The van der Waals surface area contributed by atoms with Crippen LogP contribution in [0.1, 0.15) is 48.2 Å². The number of carbonyl (C=O) groups excluding carboxylic acids is 2. The van der Waals surface area contributed by atoms with Crippen molar-refractivity contribution in [2.45, 2.75) is 54.4 Å². The minimum Gasteiger partial charge on any atom is -0.468 e. The van der Waals surface area contributed by atoms with E-state index in [0.717, 1.165) is 53.3 Å². The summed E-state index contributed by atoms with van der Waals surface area (Å²) in [5.41, 5.74) is 6.94. The van der Waals surface area contributed by atoms with Crippen LogP contribution in [0.4, 0.5) is 17.2 Å². The van der Waals surface area contributed by atoms with E-state index in [0.29, 0.717) is 5.82 Å². The first kappa shape index (κ1) is 26.2. The van der Waals surface area contributed by atoms with Crippen LogP contribution in [0.15, 0.2) is 18.2 Å². The average molecular weight is 456 g/mol. The fraction of sp³-hybridized carbons (Fsp3) is 0.500. The monoisotopic (exact) mass is 455 g/mol. The summed E-state index contributed by atoms with van der Waals surface area (Å²) in [6, 6.07) is 6.25. The fourth-order valence-electron chi connectivity index (χ4n) is 4.24. The highest BCUT2D eigenvalue weighted by Gasteiger charge is 2.32. The third-order valence-corrected chi connectivity index (χ3v) is 5.74. The number of nitrogens with zero attached hydrogens (tertiary/aromatic N) is 2. The van der Waals surface area contributed by atoms with Gasteiger partial charge in [-0.25, -0.2) is 4.98 Å². The lowest BCUT2D eigenvalue weighted by Crippen LogP contribution is -2.31. The predicted octanol–water partition coefficient (Wildman–Crippen LogP) is 4.80. The van der Waals surface area contributed by atoms with E-state index in [1.807, 2.05) is 13.0 Å². The van der Waals surface area contributed by atoms with Crippen molar-refractivity contribution in [1.82, 2.24) is 4.98 Å². The maximum Gasteiger partial charge on any atom is 0.320 e. The van der Waals surface area contributed by atoms with E-state index in [9.17, 15) is 9.59 Å². The Kier molecular flexibility index (Phi) is 9.26. The lowest BCUT2D eigenvalue weighted by molar-refractivity contribution is -0.158. The standard InChI is InChI=1S/C26H37N3O4/c1-9-11-29(10-2)22-14-19(6)27-24(28-23-17(4)12-16(3)13-18(23)5)20(22)15-21(25(30)32-7)26(31)33-8/h12-14,21H,9-11,15H2,1-8H3,(H,27,28). The summed E-state index contributed by atoms with van der Waals surface area (Å²) in [5, 5.41) is 3.52. The first-order chi connectivity index (χ1) is 15.7. The zero-order valence-corrected chi connectivity index (χ0v) is 21.2. The summed E-state index contributed by atoms with van der Waals surface area (Å²) in [6.45, 7) is 14.0. The summed E-state index contributed by atoms with van der Waals surface area (Å²) >= 11 is 0. The van der Waals surface area contributed by atoms with E-state index >= 15 is 0 Å². The van der Waals surface area contributed by atoms with Gasteiger partial charge in [0.1, 0.15) is 5.82 Å². The van der Waals surface area contributed by atoms with Gasteiger partial charge in [-0.1, -0.05) is 24.6 Å². The fourth-order valence-corrected chi connectivity index (χ4v) is 4.24. The largest absolute Gasteiger partial charge is 0.468 e.